The standard InChI is InChI=1S/C15H18O4/c1-10(2)7-12(9-15(16)17)11-3-4-13-14(8-11)19-6-5-18-13/h3-4,8-10H,5-7H2,1-2H3,(H,16,17)/b12-9+. The van der Waals surface area contributed by atoms with E-state index in [1.54, 1.807) is 0 Å². The van der Waals surface area contributed by atoms with Crippen LogP contribution in [0, 0.1) is 5.92 Å². The number of allylic oxidation sites excluding steroid dienone is 1. The van der Waals surface area contributed by atoms with Gasteiger partial charge in [0.2, 0.25) is 0 Å². The number of hydrogen-bond acceptors (Lipinski definition) is 3. The van der Waals surface area contributed by atoms with E-state index in [9.17, 15) is 4.79 Å². The summed E-state index contributed by atoms with van der Waals surface area (Å²) in [5, 5.41) is 8.96. The second kappa shape index (κ2) is 5.78. The number of carboxylic acid groups (broad SMARTS) is 1. The molecule has 0 fully saturated rings. The highest BCUT2D eigenvalue weighted by atomic mass is 16.6. The van der Waals surface area contributed by atoms with Gasteiger partial charge in [-0.15, -0.1) is 0 Å². The third kappa shape index (κ3) is 3.50. The van der Waals surface area contributed by atoms with Gasteiger partial charge >= 0.3 is 5.97 Å². The molecule has 0 amide bonds. The Morgan fingerprint density at radius 2 is 2.00 bits per heavy atom. The maximum Gasteiger partial charge on any atom is 0.328 e. The van der Waals surface area contributed by atoms with Crippen LogP contribution < -0.4 is 9.47 Å². The molecule has 0 radical (unpaired) electrons. The summed E-state index contributed by atoms with van der Waals surface area (Å²) in [6.07, 6.45) is 1.98. The van der Waals surface area contributed by atoms with Gasteiger partial charge in [-0.3, -0.25) is 0 Å². The predicted octanol–water partition coefficient (Wildman–Crippen LogP) is 2.97. The molecular formula is C15H18O4. The molecule has 0 saturated carbocycles. The van der Waals surface area contributed by atoms with Crippen LogP contribution in [0.2, 0.25) is 0 Å². The van der Waals surface area contributed by atoms with E-state index in [-0.39, 0.29) is 0 Å². The van der Waals surface area contributed by atoms with Gasteiger partial charge in [-0.2, -0.15) is 0 Å². The molecule has 1 N–H and O–H groups in total. The molecule has 0 spiro atoms. The molecule has 1 heterocycles. The number of aliphatic carboxylic acids is 1. The van der Waals surface area contributed by atoms with Crippen molar-refractivity contribution >= 4 is 11.5 Å². The smallest absolute Gasteiger partial charge is 0.328 e. The number of ether oxygens (including phenoxy) is 2. The number of fused-ring (bicyclic) bond motifs is 1. The molecule has 0 atom stereocenters. The third-order valence-corrected chi connectivity index (χ3v) is 2.84. The summed E-state index contributed by atoms with van der Waals surface area (Å²) in [4.78, 5) is 10.9. The molecule has 4 heteroatoms. The van der Waals surface area contributed by atoms with Crippen LogP contribution >= 0.6 is 0 Å². The van der Waals surface area contributed by atoms with Gasteiger partial charge < -0.3 is 14.6 Å². The molecule has 4 nitrogen and oxygen atoms in total. The lowest BCUT2D eigenvalue weighted by molar-refractivity contribution is -0.131. The van der Waals surface area contributed by atoms with E-state index in [4.69, 9.17) is 14.6 Å². The van der Waals surface area contributed by atoms with Crippen LogP contribution in [0.3, 0.4) is 0 Å². The summed E-state index contributed by atoms with van der Waals surface area (Å²) in [6.45, 7) is 5.20. The number of carbonyl (C=O) groups is 1. The minimum absolute atomic E-state index is 0.388. The van der Waals surface area contributed by atoms with E-state index in [1.165, 1.54) is 6.08 Å². The van der Waals surface area contributed by atoms with E-state index in [0.29, 0.717) is 37.1 Å². The van der Waals surface area contributed by atoms with Gasteiger partial charge in [0.15, 0.2) is 11.5 Å². The van der Waals surface area contributed by atoms with Gasteiger partial charge in [0.05, 0.1) is 0 Å². The first-order valence-corrected chi connectivity index (χ1v) is 6.40. The SMILES string of the molecule is CC(C)C/C(=C\C(=O)O)c1ccc2c(c1)OCCO2. The fraction of sp³-hybridized carbons (Fsp3) is 0.400. The second-order valence-electron chi connectivity index (χ2n) is 4.96. The Bertz CT molecular complexity index is 503. The molecule has 0 saturated heterocycles. The first kappa shape index (κ1) is 13.5. The van der Waals surface area contributed by atoms with Gasteiger partial charge in [-0.25, -0.2) is 4.79 Å². The Hall–Kier alpha value is -1.97. The fourth-order valence-electron chi connectivity index (χ4n) is 2.09. The molecule has 0 aromatic heterocycles. The maximum absolute atomic E-state index is 10.9. The molecule has 0 aliphatic carbocycles. The van der Waals surface area contributed by atoms with E-state index in [0.717, 1.165) is 11.1 Å². The number of rotatable bonds is 4. The first-order chi connectivity index (χ1) is 9.06. The largest absolute Gasteiger partial charge is 0.486 e. The average molecular weight is 262 g/mol. The third-order valence-electron chi connectivity index (χ3n) is 2.84. The Morgan fingerprint density at radius 1 is 1.32 bits per heavy atom. The second-order valence-corrected chi connectivity index (χ2v) is 4.96. The van der Waals surface area contributed by atoms with Gasteiger partial charge in [-0.05, 0) is 35.6 Å². The summed E-state index contributed by atoms with van der Waals surface area (Å²) < 4.78 is 11.0. The normalized spacial score (nSPS) is 14.6. The highest BCUT2D eigenvalue weighted by Gasteiger charge is 2.14. The number of benzene rings is 1. The molecule has 1 aliphatic heterocycles. The molecule has 102 valence electrons. The van der Waals surface area contributed by atoms with E-state index in [2.05, 4.69) is 13.8 Å². The van der Waals surface area contributed by atoms with Crippen molar-refractivity contribution in [1.29, 1.82) is 0 Å². The van der Waals surface area contributed by atoms with Crippen LogP contribution in [0.15, 0.2) is 24.3 Å². The zero-order valence-electron chi connectivity index (χ0n) is 11.2. The van der Waals surface area contributed by atoms with Crippen molar-refractivity contribution in [1.82, 2.24) is 0 Å². The monoisotopic (exact) mass is 262 g/mol. The lowest BCUT2D eigenvalue weighted by Gasteiger charge is -2.19. The van der Waals surface area contributed by atoms with Crippen LogP contribution in [0.4, 0.5) is 0 Å². The van der Waals surface area contributed by atoms with E-state index < -0.39 is 5.97 Å². The van der Waals surface area contributed by atoms with Crippen molar-refractivity contribution in [3.05, 3.63) is 29.8 Å². The van der Waals surface area contributed by atoms with E-state index in [1.807, 2.05) is 18.2 Å². The summed E-state index contributed by atoms with van der Waals surface area (Å²) in [7, 11) is 0. The minimum Gasteiger partial charge on any atom is -0.486 e. The lowest BCUT2D eigenvalue weighted by Crippen LogP contribution is -2.15. The Labute approximate surface area is 112 Å². The average Bonchev–Trinajstić information content (AvgIpc) is 2.36. The summed E-state index contributed by atoms with van der Waals surface area (Å²) in [5.41, 5.74) is 1.68. The molecule has 1 aliphatic rings. The van der Waals surface area contributed by atoms with Gasteiger partial charge in [0, 0.05) is 6.08 Å². The van der Waals surface area contributed by atoms with Gasteiger partial charge in [0.25, 0.3) is 0 Å². The van der Waals surface area contributed by atoms with Crippen LogP contribution in [-0.2, 0) is 4.79 Å². The molecule has 0 bridgehead atoms. The van der Waals surface area contributed by atoms with E-state index >= 15 is 0 Å². The quantitative estimate of drug-likeness (QED) is 0.847. The first-order valence-electron chi connectivity index (χ1n) is 6.40. The maximum atomic E-state index is 10.9. The highest BCUT2D eigenvalue weighted by Crippen LogP contribution is 2.34. The van der Waals surface area contributed by atoms with Crippen molar-refractivity contribution in [2.75, 3.05) is 13.2 Å². The highest BCUT2D eigenvalue weighted by molar-refractivity contribution is 5.90. The number of carboxylic acids is 1. The van der Waals surface area contributed by atoms with Gasteiger partial charge in [0.1, 0.15) is 13.2 Å². The Balaban J connectivity index is 2.33. The zero-order valence-corrected chi connectivity index (χ0v) is 11.2. The topological polar surface area (TPSA) is 55.8 Å². The van der Waals surface area contributed by atoms with Crippen LogP contribution in [0.5, 0.6) is 11.5 Å². The molecule has 1 aromatic rings. The van der Waals surface area contributed by atoms with Crippen LogP contribution in [0.25, 0.3) is 5.57 Å². The molecular weight excluding hydrogens is 244 g/mol. The number of hydrogen-bond donors (Lipinski definition) is 1. The van der Waals surface area contributed by atoms with Crippen molar-refractivity contribution < 1.29 is 19.4 Å². The lowest BCUT2D eigenvalue weighted by atomic mass is 9.95. The van der Waals surface area contributed by atoms with Crippen molar-refractivity contribution in [3.8, 4) is 11.5 Å². The predicted molar refractivity (Wildman–Crippen MR) is 72.5 cm³/mol. The molecule has 0 unspecified atom stereocenters. The molecule has 2 rings (SSSR count). The molecule has 1 aromatic carbocycles. The van der Waals surface area contributed by atoms with Crippen LogP contribution in [0.1, 0.15) is 25.8 Å². The fourth-order valence-corrected chi connectivity index (χ4v) is 2.09. The Kier molecular flexibility index (Phi) is 4.10. The summed E-state index contributed by atoms with van der Waals surface area (Å²) in [5.74, 6) is 0.863. The van der Waals surface area contributed by atoms with Crippen molar-refractivity contribution in [3.63, 3.8) is 0 Å². The summed E-state index contributed by atoms with van der Waals surface area (Å²) in [6, 6.07) is 5.57. The van der Waals surface area contributed by atoms with Gasteiger partial charge in [-0.1, -0.05) is 19.9 Å². The summed E-state index contributed by atoms with van der Waals surface area (Å²) >= 11 is 0. The zero-order chi connectivity index (χ0) is 13.8. The minimum atomic E-state index is -0.925. The Morgan fingerprint density at radius 3 is 2.63 bits per heavy atom. The van der Waals surface area contributed by atoms with Crippen molar-refractivity contribution in [2.24, 2.45) is 5.92 Å². The van der Waals surface area contributed by atoms with Crippen molar-refractivity contribution in [2.45, 2.75) is 20.3 Å². The molecule has 19 heavy (non-hydrogen) atoms. The van der Waals surface area contributed by atoms with Crippen LogP contribution in [-0.4, -0.2) is 24.3 Å².